The molecule has 0 amide bonds. The molecule has 0 saturated carbocycles. The minimum Gasteiger partial charge on any atom is -0.486 e. The van der Waals surface area contributed by atoms with Gasteiger partial charge in [0.2, 0.25) is 0 Å². The second kappa shape index (κ2) is 6.43. The molecular formula is C18H24N4O2. The number of hydrogen-bond acceptors (Lipinski definition) is 5. The Hall–Kier alpha value is -2.08. The molecule has 2 aliphatic rings. The Balaban J connectivity index is 1.42. The van der Waals surface area contributed by atoms with E-state index in [1.54, 1.807) is 0 Å². The van der Waals surface area contributed by atoms with Gasteiger partial charge in [0, 0.05) is 30.5 Å². The van der Waals surface area contributed by atoms with Crippen molar-refractivity contribution in [2.24, 2.45) is 0 Å². The summed E-state index contributed by atoms with van der Waals surface area (Å²) in [6.07, 6.45) is 2.06. The molecule has 0 unspecified atom stereocenters. The summed E-state index contributed by atoms with van der Waals surface area (Å²) in [5.74, 6) is 4.18. The van der Waals surface area contributed by atoms with E-state index in [1.807, 2.05) is 12.1 Å². The summed E-state index contributed by atoms with van der Waals surface area (Å²) in [6.45, 7) is 7.17. The zero-order valence-corrected chi connectivity index (χ0v) is 14.3. The predicted molar refractivity (Wildman–Crippen MR) is 90.5 cm³/mol. The van der Waals surface area contributed by atoms with Crippen LogP contribution in [0, 0.1) is 0 Å². The second-order valence-corrected chi connectivity index (χ2v) is 6.78. The molecule has 6 nitrogen and oxygen atoms in total. The van der Waals surface area contributed by atoms with E-state index in [9.17, 15) is 0 Å². The number of nitrogens with zero attached hydrogens (tertiary/aromatic N) is 3. The fraction of sp³-hybridized carbons (Fsp3) is 0.556. The topological polar surface area (TPSA) is 61.2 Å². The fourth-order valence-corrected chi connectivity index (χ4v) is 3.27. The van der Waals surface area contributed by atoms with Crippen LogP contribution in [0.15, 0.2) is 18.2 Å². The summed E-state index contributed by atoms with van der Waals surface area (Å²) >= 11 is 0. The summed E-state index contributed by atoms with van der Waals surface area (Å²) in [7, 11) is 0. The van der Waals surface area contributed by atoms with E-state index in [2.05, 4.69) is 40.0 Å². The summed E-state index contributed by atoms with van der Waals surface area (Å²) in [5, 5.41) is 8.29. The van der Waals surface area contributed by atoms with Gasteiger partial charge in [-0.05, 0) is 12.5 Å². The number of para-hydroxylation sites is 1. The third-order valence-electron chi connectivity index (χ3n) is 4.62. The average Bonchev–Trinajstić information content (AvgIpc) is 3.03. The number of aryl methyl sites for hydroxylation is 1. The molecule has 0 spiro atoms. The van der Waals surface area contributed by atoms with Crippen molar-refractivity contribution in [1.82, 2.24) is 20.1 Å². The molecule has 0 radical (unpaired) electrons. The van der Waals surface area contributed by atoms with Crippen LogP contribution in [-0.2, 0) is 19.5 Å². The fourth-order valence-electron chi connectivity index (χ4n) is 3.27. The quantitative estimate of drug-likeness (QED) is 0.933. The van der Waals surface area contributed by atoms with Gasteiger partial charge >= 0.3 is 0 Å². The summed E-state index contributed by atoms with van der Waals surface area (Å²) < 4.78 is 13.5. The molecule has 2 aromatic rings. The highest BCUT2D eigenvalue weighted by atomic mass is 16.6. The molecule has 0 saturated heterocycles. The molecule has 0 aliphatic carbocycles. The molecule has 2 aliphatic heterocycles. The molecule has 1 aromatic heterocycles. The van der Waals surface area contributed by atoms with Crippen LogP contribution in [0.2, 0.25) is 0 Å². The van der Waals surface area contributed by atoms with Crippen LogP contribution in [0.5, 0.6) is 11.5 Å². The molecule has 1 aromatic carbocycles. The van der Waals surface area contributed by atoms with Crippen LogP contribution >= 0.6 is 0 Å². The van der Waals surface area contributed by atoms with E-state index in [1.165, 1.54) is 0 Å². The van der Waals surface area contributed by atoms with Crippen molar-refractivity contribution < 1.29 is 9.47 Å². The Kier molecular flexibility index (Phi) is 4.14. The first-order valence-electron chi connectivity index (χ1n) is 8.75. The number of fused-ring (bicyclic) bond motifs is 2. The summed E-state index contributed by atoms with van der Waals surface area (Å²) in [6, 6.07) is 6.49. The van der Waals surface area contributed by atoms with Gasteiger partial charge in [-0.15, -0.1) is 0 Å². The van der Waals surface area contributed by atoms with Crippen molar-refractivity contribution >= 4 is 0 Å². The Bertz CT molecular complexity index is 726. The normalized spacial score (nSPS) is 19.4. The SMILES string of the molecule is CC(C)c1nc2n(n1)C[C@@H](NCc1cccc3c1OCCO3)CC2. The van der Waals surface area contributed by atoms with Crippen molar-refractivity contribution in [3.8, 4) is 11.5 Å². The van der Waals surface area contributed by atoms with Gasteiger partial charge in [-0.1, -0.05) is 26.0 Å². The van der Waals surface area contributed by atoms with Crippen LogP contribution in [0.1, 0.15) is 43.4 Å². The van der Waals surface area contributed by atoms with Crippen LogP contribution in [0.3, 0.4) is 0 Å². The zero-order valence-electron chi connectivity index (χ0n) is 14.3. The van der Waals surface area contributed by atoms with Gasteiger partial charge < -0.3 is 14.8 Å². The first-order chi connectivity index (χ1) is 11.7. The number of nitrogens with one attached hydrogen (secondary N) is 1. The van der Waals surface area contributed by atoms with E-state index in [0.717, 1.165) is 54.6 Å². The van der Waals surface area contributed by atoms with Gasteiger partial charge in [-0.25, -0.2) is 9.67 Å². The molecule has 6 heteroatoms. The third kappa shape index (κ3) is 2.98. The highest BCUT2D eigenvalue weighted by Gasteiger charge is 2.23. The lowest BCUT2D eigenvalue weighted by Crippen LogP contribution is -2.37. The first kappa shape index (κ1) is 15.4. The molecule has 1 N–H and O–H groups in total. The highest BCUT2D eigenvalue weighted by molar-refractivity contribution is 5.47. The van der Waals surface area contributed by atoms with E-state index in [4.69, 9.17) is 9.47 Å². The predicted octanol–water partition coefficient (Wildman–Crippen LogP) is 2.28. The Morgan fingerprint density at radius 2 is 2.17 bits per heavy atom. The lowest BCUT2D eigenvalue weighted by molar-refractivity contribution is 0.169. The van der Waals surface area contributed by atoms with Crippen molar-refractivity contribution in [3.05, 3.63) is 35.4 Å². The lowest BCUT2D eigenvalue weighted by Gasteiger charge is -2.25. The number of aromatic nitrogens is 3. The molecule has 3 heterocycles. The van der Waals surface area contributed by atoms with Gasteiger partial charge in [-0.3, -0.25) is 0 Å². The summed E-state index contributed by atoms with van der Waals surface area (Å²) in [5.41, 5.74) is 1.15. The Morgan fingerprint density at radius 1 is 1.29 bits per heavy atom. The monoisotopic (exact) mass is 328 g/mol. The Labute approximate surface area is 142 Å². The number of ether oxygens (including phenoxy) is 2. The second-order valence-electron chi connectivity index (χ2n) is 6.78. The number of benzene rings is 1. The molecular weight excluding hydrogens is 304 g/mol. The standard InChI is InChI=1S/C18H24N4O2/c1-12(2)18-20-16-7-6-14(11-22(16)21-18)19-10-13-4-3-5-15-17(13)24-9-8-23-15/h3-5,12,14,19H,6-11H2,1-2H3/t14-/m0/s1. The number of rotatable bonds is 4. The molecule has 128 valence electrons. The molecule has 1 atom stereocenters. The van der Waals surface area contributed by atoms with Crippen molar-refractivity contribution in [3.63, 3.8) is 0 Å². The van der Waals surface area contributed by atoms with Gasteiger partial charge in [-0.2, -0.15) is 5.10 Å². The molecule has 24 heavy (non-hydrogen) atoms. The van der Waals surface area contributed by atoms with E-state index >= 15 is 0 Å². The van der Waals surface area contributed by atoms with E-state index < -0.39 is 0 Å². The molecule has 4 rings (SSSR count). The zero-order chi connectivity index (χ0) is 16.5. The maximum Gasteiger partial charge on any atom is 0.165 e. The number of hydrogen-bond donors (Lipinski definition) is 1. The summed E-state index contributed by atoms with van der Waals surface area (Å²) in [4.78, 5) is 4.65. The molecule has 0 fully saturated rings. The minimum atomic E-state index is 0.377. The van der Waals surface area contributed by atoms with Crippen molar-refractivity contribution in [2.75, 3.05) is 13.2 Å². The van der Waals surface area contributed by atoms with Crippen LogP contribution < -0.4 is 14.8 Å². The average molecular weight is 328 g/mol. The van der Waals surface area contributed by atoms with Gasteiger partial charge in [0.05, 0.1) is 6.54 Å². The van der Waals surface area contributed by atoms with Gasteiger partial charge in [0.1, 0.15) is 19.0 Å². The minimum absolute atomic E-state index is 0.377. The van der Waals surface area contributed by atoms with Crippen molar-refractivity contribution in [2.45, 2.75) is 51.7 Å². The maximum atomic E-state index is 5.79. The largest absolute Gasteiger partial charge is 0.486 e. The highest BCUT2D eigenvalue weighted by Crippen LogP contribution is 2.33. The van der Waals surface area contributed by atoms with Gasteiger partial charge in [0.25, 0.3) is 0 Å². The van der Waals surface area contributed by atoms with E-state index in [-0.39, 0.29) is 0 Å². The Morgan fingerprint density at radius 3 is 3.04 bits per heavy atom. The third-order valence-corrected chi connectivity index (χ3v) is 4.62. The lowest BCUT2D eigenvalue weighted by atomic mass is 10.1. The first-order valence-corrected chi connectivity index (χ1v) is 8.75. The van der Waals surface area contributed by atoms with Crippen LogP contribution in [0.4, 0.5) is 0 Å². The smallest absolute Gasteiger partial charge is 0.165 e. The maximum absolute atomic E-state index is 5.79. The van der Waals surface area contributed by atoms with Gasteiger partial charge in [0.15, 0.2) is 17.3 Å². The van der Waals surface area contributed by atoms with Crippen LogP contribution in [-0.4, -0.2) is 34.0 Å². The van der Waals surface area contributed by atoms with Crippen molar-refractivity contribution in [1.29, 1.82) is 0 Å². The van der Waals surface area contributed by atoms with E-state index in [0.29, 0.717) is 25.2 Å². The van der Waals surface area contributed by atoms with Crippen LogP contribution in [0.25, 0.3) is 0 Å². The molecule has 0 bridgehead atoms.